The Hall–Kier alpha value is -1.77. The molecule has 3 nitrogen and oxygen atoms in total. The lowest BCUT2D eigenvalue weighted by Crippen LogP contribution is -2.14. The van der Waals surface area contributed by atoms with Crippen LogP contribution in [0.3, 0.4) is 0 Å². The fourth-order valence-corrected chi connectivity index (χ4v) is 2.12. The van der Waals surface area contributed by atoms with Gasteiger partial charge in [-0.2, -0.15) is 0 Å². The summed E-state index contributed by atoms with van der Waals surface area (Å²) < 4.78 is 1.85. The molecule has 0 radical (unpaired) electrons. The van der Waals surface area contributed by atoms with E-state index in [9.17, 15) is 4.79 Å². The Labute approximate surface area is 94.9 Å². The molecule has 0 spiro atoms. The molecule has 0 aliphatic heterocycles. The van der Waals surface area contributed by atoms with Crippen LogP contribution in [0.4, 0.5) is 0 Å². The number of nitrogens with zero attached hydrogens (tertiary/aromatic N) is 1. The summed E-state index contributed by atoms with van der Waals surface area (Å²) in [7, 11) is 1.87. The number of hydrogen-bond donors (Lipinski definition) is 1. The van der Waals surface area contributed by atoms with Crippen molar-refractivity contribution < 1.29 is 4.79 Å². The topological polar surface area (TPSA) is 48.0 Å². The highest BCUT2D eigenvalue weighted by atomic mass is 16.1. The van der Waals surface area contributed by atoms with Crippen molar-refractivity contribution in [2.75, 3.05) is 0 Å². The maximum absolute atomic E-state index is 11.3. The second-order valence-electron chi connectivity index (χ2n) is 4.39. The number of nitrogens with two attached hydrogens (primary N) is 1. The van der Waals surface area contributed by atoms with Gasteiger partial charge in [-0.25, -0.2) is 0 Å². The van der Waals surface area contributed by atoms with Gasteiger partial charge in [0.05, 0.1) is 0 Å². The molecule has 16 heavy (non-hydrogen) atoms. The number of primary amides is 1. The molecule has 3 heteroatoms. The first-order chi connectivity index (χ1) is 7.52. The van der Waals surface area contributed by atoms with Gasteiger partial charge in [-0.15, -0.1) is 0 Å². The number of carbonyl (C=O) groups excluding carboxylic acids is 1. The zero-order chi connectivity index (χ0) is 11.9. The van der Waals surface area contributed by atoms with E-state index in [1.165, 1.54) is 5.56 Å². The summed E-state index contributed by atoms with van der Waals surface area (Å²) in [4.78, 5) is 11.3. The van der Waals surface area contributed by atoms with Crippen molar-refractivity contribution in [3.8, 4) is 0 Å². The van der Waals surface area contributed by atoms with Gasteiger partial charge in [0.15, 0.2) is 0 Å². The Morgan fingerprint density at radius 2 is 2.06 bits per heavy atom. The average Bonchev–Trinajstić information content (AvgIpc) is 2.56. The molecule has 2 rings (SSSR count). The van der Waals surface area contributed by atoms with Gasteiger partial charge >= 0.3 is 0 Å². The van der Waals surface area contributed by atoms with E-state index in [1.54, 1.807) is 0 Å². The SMILES string of the molecule is CC(C)c1cccc2c1cc(C(N)=O)n2C. The minimum absolute atomic E-state index is 0.381. The zero-order valence-corrected chi connectivity index (χ0v) is 9.82. The Bertz CT molecular complexity index is 552. The second-order valence-corrected chi connectivity index (χ2v) is 4.39. The largest absolute Gasteiger partial charge is 0.364 e. The van der Waals surface area contributed by atoms with Crippen LogP contribution in [0.2, 0.25) is 0 Å². The number of rotatable bonds is 2. The Balaban J connectivity index is 2.80. The van der Waals surface area contributed by atoms with Gasteiger partial charge in [-0.05, 0) is 23.6 Å². The van der Waals surface area contributed by atoms with Crippen LogP contribution >= 0.6 is 0 Å². The molecule has 0 fully saturated rings. The lowest BCUT2D eigenvalue weighted by atomic mass is 9.99. The highest BCUT2D eigenvalue weighted by molar-refractivity contribution is 5.98. The lowest BCUT2D eigenvalue weighted by molar-refractivity contribution is 0.0993. The number of fused-ring (bicyclic) bond motifs is 1. The number of aromatic nitrogens is 1. The maximum Gasteiger partial charge on any atom is 0.265 e. The molecular weight excluding hydrogens is 200 g/mol. The van der Waals surface area contributed by atoms with E-state index in [-0.39, 0.29) is 5.91 Å². The Morgan fingerprint density at radius 3 is 2.62 bits per heavy atom. The van der Waals surface area contributed by atoms with Crippen LogP contribution in [0, 0.1) is 0 Å². The van der Waals surface area contributed by atoms with E-state index < -0.39 is 0 Å². The number of carbonyl (C=O) groups is 1. The first-order valence-electron chi connectivity index (χ1n) is 5.40. The smallest absolute Gasteiger partial charge is 0.265 e. The standard InChI is InChI=1S/C13H16N2O/c1-8(2)9-5-4-6-11-10(9)7-12(13(14)16)15(11)3/h4-8H,1-3H3,(H2,14,16). The first kappa shape index (κ1) is 10.7. The molecule has 84 valence electrons. The predicted octanol–water partition coefficient (Wildman–Crippen LogP) is 2.40. The molecule has 0 atom stereocenters. The monoisotopic (exact) mass is 216 g/mol. The van der Waals surface area contributed by atoms with Crippen LogP contribution in [-0.4, -0.2) is 10.5 Å². The van der Waals surface area contributed by atoms with Crippen molar-refractivity contribution in [1.82, 2.24) is 4.57 Å². The molecule has 2 aromatic rings. The van der Waals surface area contributed by atoms with Crippen molar-refractivity contribution in [3.63, 3.8) is 0 Å². The number of amides is 1. The minimum Gasteiger partial charge on any atom is -0.364 e. The normalized spacial score (nSPS) is 11.2. The van der Waals surface area contributed by atoms with Crippen LogP contribution in [0.25, 0.3) is 10.9 Å². The third-order valence-corrected chi connectivity index (χ3v) is 3.00. The molecular formula is C13H16N2O. The summed E-state index contributed by atoms with van der Waals surface area (Å²) in [6.07, 6.45) is 0. The molecule has 1 heterocycles. The van der Waals surface area contributed by atoms with Gasteiger partial charge in [0, 0.05) is 18.0 Å². The molecule has 1 aromatic carbocycles. The van der Waals surface area contributed by atoms with Crippen molar-refractivity contribution >= 4 is 16.8 Å². The van der Waals surface area contributed by atoms with Gasteiger partial charge in [-0.3, -0.25) is 4.79 Å². The number of aryl methyl sites for hydroxylation is 1. The van der Waals surface area contributed by atoms with Gasteiger partial charge < -0.3 is 10.3 Å². The maximum atomic E-state index is 11.3. The molecule has 0 aliphatic rings. The molecule has 0 saturated carbocycles. The molecule has 0 bridgehead atoms. The van der Waals surface area contributed by atoms with E-state index in [0.29, 0.717) is 11.6 Å². The fourth-order valence-electron chi connectivity index (χ4n) is 2.12. The van der Waals surface area contributed by atoms with Gasteiger partial charge in [0.2, 0.25) is 0 Å². The quantitative estimate of drug-likeness (QED) is 0.823. The third-order valence-electron chi connectivity index (χ3n) is 3.00. The van der Waals surface area contributed by atoms with Crippen LogP contribution in [-0.2, 0) is 7.05 Å². The van der Waals surface area contributed by atoms with E-state index in [1.807, 2.05) is 29.8 Å². The molecule has 1 amide bonds. The summed E-state index contributed by atoms with van der Waals surface area (Å²) in [5, 5.41) is 1.12. The van der Waals surface area contributed by atoms with Crippen molar-refractivity contribution in [3.05, 3.63) is 35.5 Å². The molecule has 0 unspecified atom stereocenters. The predicted molar refractivity (Wildman–Crippen MR) is 65.5 cm³/mol. The average molecular weight is 216 g/mol. The van der Waals surface area contributed by atoms with E-state index in [4.69, 9.17) is 5.73 Å². The van der Waals surface area contributed by atoms with E-state index >= 15 is 0 Å². The zero-order valence-electron chi connectivity index (χ0n) is 9.82. The van der Waals surface area contributed by atoms with E-state index in [2.05, 4.69) is 19.9 Å². The summed E-state index contributed by atoms with van der Waals surface area (Å²) >= 11 is 0. The summed E-state index contributed by atoms with van der Waals surface area (Å²) in [6, 6.07) is 8.00. The van der Waals surface area contributed by atoms with Gasteiger partial charge in [-0.1, -0.05) is 26.0 Å². The van der Waals surface area contributed by atoms with Crippen molar-refractivity contribution in [2.45, 2.75) is 19.8 Å². The van der Waals surface area contributed by atoms with Crippen LogP contribution in [0.1, 0.15) is 35.8 Å². The highest BCUT2D eigenvalue weighted by Gasteiger charge is 2.13. The van der Waals surface area contributed by atoms with Gasteiger partial charge in [0.1, 0.15) is 5.69 Å². The summed E-state index contributed by atoms with van der Waals surface area (Å²) in [6.45, 7) is 4.29. The summed E-state index contributed by atoms with van der Waals surface area (Å²) in [5.74, 6) is 0.0558. The first-order valence-corrected chi connectivity index (χ1v) is 5.40. The molecule has 0 saturated heterocycles. The summed E-state index contributed by atoms with van der Waals surface area (Å²) in [5.41, 5.74) is 8.21. The Morgan fingerprint density at radius 1 is 1.38 bits per heavy atom. The van der Waals surface area contributed by atoms with Gasteiger partial charge in [0.25, 0.3) is 5.91 Å². The van der Waals surface area contributed by atoms with Crippen LogP contribution in [0.15, 0.2) is 24.3 Å². The van der Waals surface area contributed by atoms with Crippen LogP contribution < -0.4 is 5.73 Å². The second kappa shape index (κ2) is 3.67. The van der Waals surface area contributed by atoms with Crippen molar-refractivity contribution in [1.29, 1.82) is 0 Å². The highest BCUT2D eigenvalue weighted by Crippen LogP contribution is 2.27. The molecule has 2 N–H and O–H groups in total. The molecule has 1 aromatic heterocycles. The Kier molecular flexibility index (Phi) is 2.46. The number of benzene rings is 1. The van der Waals surface area contributed by atoms with E-state index in [0.717, 1.165) is 10.9 Å². The molecule has 0 aliphatic carbocycles. The van der Waals surface area contributed by atoms with Crippen molar-refractivity contribution in [2.24, 2.45) is 12.8 Å². The van der Waals surface area contributed by atoms with Crippen LogP contribution in [0.5, 0.6) is 0 Å². The third kappa shape index (κ3) is 1.48. The lowest BCUT2D eigenvalue weighted by Gasteiger charge is -2.07. The minimum atomic E-state index is -0.381. The number of hydrogen-bond acceptors (Lipinski definition) is 1. The fraction of sp³-hybridized carbons (Fsp3) is 0.308.